The van der Waals surface area contributed by atoms with Crippen molar-refractivity contribution in [3.63, 3.8) is 0 Å². The lowest BCUT2D eigenvalue weighted by Crippen LogP contribution is -2.33. The van der Waals surface area contributed by atoms with E-state index in [4.69, 9.17) is 4.84 Å². The van der Waals surface area contributed by atoms with Gasteiger partial charge in [-0.15, -0.1) is 0 Å². The van der Waals surface area contributed by atoms with Crippen LogP contribution in [0.3, 0.4) is 0 Å². The summed E-state index contributed by atoms with van der Waals surface area (Å²) in [5.74, 6) is 0.552. The van der Waals surface area contributed by atoms with E-state index in [2.05, 4.69) is 10.8 Å². The van der Waals surface area contributed by atoms with Crippen molar-refractivity contribution in [3.8, 4) is 0 Å². The van der Waals surface area contributed by atoms with Gasteiger partial charge in [0.05, 0.1) is 6.61 Å². The van der Waals surface area contributed by atoms with Crippen LogP contribution in [0.25, 0.3) is 0 Å². The van der Waals surface area contributed by atoms with Gasteiger partial charge in [0.25, 0.3) is 0 Å². The molecule has 0 aromatic rings. The first-order valence-corrected chi connectivity index (χ1v) is 3.95. The molecule has 2 N–H and O–H groups in total. The van der Waals surface area contributed by atoms with Crippen LogP contribution in [0.5, 0.6) is 0 Å². The standard InChI is InChI=1S/C7H14N2O2/c10-6-9-11-5-7-2-1-3-8-4-7/h6-8H,1-5H2,(H,9,10). The summed E-state index contributed by atoms with van der Waals surface area (Å²) in [6, 6.07) is 0. The van der Waals surface area contributed by atoms with Crippen LogP contribution in [0, 0.1) is 5.92 Å². The van der Waals surface area contributed by atoms with Crippen molar-refractivity contribution >= 4 is 6.41 Å². The van der Waals surface area contributed by atoms with E-state index in [0.29, 0.717) is 18.9 Å². The molecule has 0 saturated carbocycles. The van der Waals surface area contributed by atoms with E-state index in [1.807, 2.05) is 0 Å². The van der Waals surface area contributed by atoms with Gasteiger partial charge in [0.15, 0.2) is 0 Å². The molecule has 1 atom stereocenters. The predicted molar refractivity (Wildman–Crippen MR) is 40.7 cm³/mol. The maximum atomic E-state index is 9.79. The molecule has 1 unspecified atom stereocenters. The maximum Gasteiger partial charge on any atom is 0.230 e. The zero-order chi connectivity index (χ0) is 7.94. The number of piperidine rings is 1. The third-order valence-corrected chi connectivity index (χ3v) is 1.85. The molecule has 0 spiro atoms. The van der Waals surface area contributed by atoms with Gasteiger partial charge >= 0.3 is 0 Å². The molecule has 1 rings (SSSR count). The molecule has 1 heterocycles. The first-order chi connectivity index (χ1) is 5.43. The molecule has 4 heteroatoms. The summed E-state index contributed by atoms with van der Waals surface area (Å²) >= 11 is 0. The minimum Gasteiger partial charge on any atom is -0.316 e. The molecule has 0 aromatic heterocycles. The van der Waals surface area contributed by atoms with Gasteiger partial charge in [-0.25, -0.2) is 5.48 Å². The quantitative estimate of drug-likeness (QED) is 0.334. The minimum atomic E-state index is 0.552. The van der Waals surface area contributed by atoms with E-state index in [9.17, 15) is 4.79 Å². The molecule has 0 bridgehead atoms. The second-order valence-electron chi connectivity index (χ2n) is 2.76. The second kappa shape index (κ2) is 5.09. The molecule has 0 aromatic carbocycles. The lowest BCUT2D eigenvalue weighted by atomic mass is 10.0. The van der Waals surface area contributed by atoms with Gasteiger partial charge in [0.1, 0.15) is 0 Å². The third kappa shape index (κ3) is 3.34. The van der Waals surface area contributed by atoms with E-state index in [-0.39, 0.29) is 0 Å². The molecule has 1 aliphatic rings. The molecule has 1 fully saturated rings. The minimum absolute atomic E-state index is 0.552. The molecule has 1 saturated heterocycles. The number of amides is 1. The highest BCUT2D eigenvalue weighted by atomic mass is 16.6. The number of hydrogen-bond donors (Lipinski definition) is 2. The Morgan fingerprint density at radius 3 is 3.27 bits per heavy atom. The molecule has 1 amide bonds. The fraction of sp³-hybridized carbons (Fsp3) is 0.857. The van der Waals surface area contributed by atoms with Crippen LogP contribution < -0.4 is 10.8 Å². The fourth-order valence-electron chi connectivity index (χ4n) is 1.27. The van der Waals surface area contributed by atoms with Gasteiger partial charge < -0.3 is 5.32 Å². The van der Waals surface area contributed by atoms with Crippen LogP contribution in [-0.4, -0.2) is 26.1 Å². The highest BCUT2D eigenvalue weighted by molar-refractivity contribution is 5.43. The van der Waals surface area contributed by atoms with Crippen LogP contribution in [0.1, 0.15) is 12.8 Å². The van der Waals surface area contributed by atoms with Gasteiger partial charge in [-0.1, -0.05) is 0 Å². The molecule has 11 heavy (non-hydrogen) atoms. The summed E-state index contributed by atoms with van der Waals surface area (Å²) in [4.78, 5) is 14.7. The highest BCUT2D eigenvalue weighted by Gasteiger charge is 2.12. The lowest BCUT2D eigenvalue weighted by Gasteiger charge is -2.21. The van der Waals surface area contributed by atoms with Gasteiger partial charge in [-0.05, 0) is 25.3 Å². The number of hydroxylamine groups is 1. The van der Waals surface area contributed by atoms with Gasteiger partial charge in [-0.2, -0.15) is 0 Å². The van der Waals surface area contributed by atoms with Gasteiger partial charge in [0, 0.05) is 6.54 Å². The average Bonchev–Trinajstić information content (AvgIpc) is 2.07. The van der Waals surface area contributed by atoms with Gasteiger partial charge in [-0.3, -0.25) is 9.63 Å². The van der Waals surface area contributed by atoms with Crippen LogP contribution >= 0.6 is 0 Å². The maximum absolute atomic E-state index is 9.79. The van der Waals surface area contributed by atoms with Crippen molar-refractivity contribution in [1.29, 1.82) is 0 Å². The van der Waals surface area contributed by atoms with Crippen LogP contribution in [0.2, 0.25) is 0 Å². The molecule has 0 aliphatic carbocycles. The Bertz CT molecular complexity index is 113. The summed E-state index contributed by atoms with van der Waals surface area (Å²) in [6.45, 7) is 2.73. The van der Waals surface area contributed by atoms with E-state index in [1.165, 1.54) is 12.8 Å². The average molecular weight is 158 g/mol. The Kier molecular flexibility index (Phi) is 3.93. The van der Waals surface area contributed by atoms with Crippen molar-refractivity contribution in [2.45, 2.75) is 12.8 Å². The van der Waals surface area contributed by atoms with Crippen molar-refractivity contribution in [2.24, 2.45) is 5.92 Å². The third-order valence-electron chi connectivity index (χ3n) is 1.85. The van der Waals surface area contributed by atoms with E-state index in [0.717, 1.165) is 13.1 Å². The number of hydrogen-bond acceptors (Lipinski definition) is 3. The summed E-state index contributed by atoms with van der Waals surface area (Å²) in [5.41, 5.74) is 2.19. The Morgan fingerprint density at radius 1 is 1.73 bits per heavy atom. The molecule has 1 aliphatic heterocycles. The van der Waals surface area contributed by atoms with Crippen molar-refractivity contribution in [3.05, 3.63) is 0 Å². The van der Waals surface area contributed by atoms with Gasteiger partial charge in [0.2, 0.25) is 6.41 Å². The largest absolute Gasteiger partial charge is 0.316 e. The first-order valence-electron chi connectivity index (χ1n) is 3.95. The normalized spacial score (nSPS) is 24.5. The molecule has 0 radical (unpaired) electrons. The van der Waals surface area contributed by atoms with Crippen LogP contribution in [0.15, 0.2) is 0 Å². The van der Waals surface area contributed by atoms with E-state index in [1.54, 1.807) is 0 Å². The lowest BCUT2D eigenvalue weighted by molar-refractivity contribution is -0.121. The molecule has 64 valence electrons. The van der Waals surface area contributed by atoms with Crippen molar-refractivity contribution < 1.29 is 9.63 Å². The predicted octanol–water partition coefficient (Wildman–Crippen LogP) is -0.336. The van der Waals surface area contributed by atoms with E-state index < -0.39 is 0 Å². The smallest absolute Gasteiger partial charge is 0.230 e. The number of nitrogens with one attached hydrogen (secondary N) is 2. The van der Waals surface area contributed by atoms with Crippen molar-refractivity contribution in [2.75, 3.05) is 19.7 Å². The Morgan fingerprint density at radius 2 is 2.64 bits per heavy atom. The van der Waals surface area contributed by atoms with Crippen LogP contribution in [0.4, 0.5) is 0 Å². The number of carbonyl (C=O) groups is 1. The zero-order valence-electron chi connectivity index (χ0n) is 6.51. The van der Waals surface area contributed by atoms with E-state index >= 15 is 0 Å². The topological polar surface area (TPSA) is 50.4 Å². The monoisotopic (exact) mass is 158 g/mol. The highest BCUT2D eigenvalue weighted by Crippen LogP contribution is 2.08. The Hall–Kier alpha value is -0.610. The summed E-state index contributed by atoms with van der Waals surface area (Å²) in [5, 5.41) is 3.27. The number of carbonyl (C=O) groups excluding carboxylic acids is 1. The molecular weight excluding hydrogens is 144 g/mol. The Labute approximate surface area is 66.3 Å². The Balaban J connectivity index is 2.00. The summed E-state index contributed by atoms with van der Waals surface area (Å²) < 4.78 is 0. The van der Waals surface area contributed by atoms with Crippen LogP contribution in [-0.2, 0) is 9.63 Å². The fourth-order valence-corrected chi connectivity index (χ4v) is 1.27. The summed E-state index contributed by atoms with van der Waals surface area (Å²) in [7, 11) is 0. The first kappa shape index (κ1) is 8.49. The van der Waals surface area contributed by atoms with Crippen molar-refractivity contribution in [1.82, 2.24) is 10.8 Å². The zero-order valence-corrected chi connectivity index (χ0v) is 6.51. The number of rotatable bonds is 4. The molecular formula is C7H14N2O2. The molecule has 4 nitrogen and oxygen atoms in total. The SMILES string of the molecule is O=CNOCC1CCCNC1. The summed E-state index contributed by atoms with van der Waals surface area (Å²) in [6.07, 6.45) is 2.94. The second-order valence-corrected chi connectivity index (χ2v) is 2.76.